The van der Waals surface area contributed by atoms with E-state index in [0.29, 0.717) is 5.75 Å². The predicted octanol–water partition coefficient (Wildman–Crippen LogP) is 5.18. The first-order valence-corrected chi connectivity index (χ1v) is 5.76. The lowest BCUT2D eigenvalue weighted by Gasteiger charge is -2.10. The number of hydrogen-bond acceptors (Lipinski definition) is 1. The highest BCUT2D eigenvalue weighted by atomic mass is 79.9. The van der Waals surface area contributed by atoms with Gasteiger partial charge in [0.05, 0.1) is 5.56 Å². The van der Waals surface area contributed by atoms with Crippen LogP contribution in [0.1, 0.15) is 12.0 Å². The number of halogens is 3. The number of para-hydroxylation sites is 1. The molecule has 0 fully saturated rings. The molecule has 0 heterocycles. The van der Waals surface area contributed by atoms with Crippen molar-refractivity contribution in [3.63, 3.8) is 0 Å². The lowest BCUT2D eigenvalue weighted by atomic mass is 10.2. The summed E-state index contributed by atoms with van der Waals surface area (Å²) >= 11 is 3.29. The van der Waals surface area contributed by atoms with Crippen LogP contribution < -0.4 is 4.74 Å². The summed E-state index contributed by atoms with van der Waals surface area (Å²) in [6, 6.07) is 13.2. The minimum Gasteiger partial charge on any atom is -0.457 e. The average Bonchev–Trinajstić information content (AvgIpc) is 2.29. The Labute approximate surface area is 106 Å². The summed E-state index contributed by atoms with van der Waals surface area (Å²) < 4.78 is 31.7. The fourth-order valence-corrected chi connectivity index (χ4v) is 1.79. The molecule has 0 atom stereocenters. The fourth-order valence-electron chi connectivity index (χ4n) is 1.41. The van der Waals surface area contributed by atoms with Gasteiger partial charge in [-0.25, -0.2) is 8.78 Å². The average molecular weight is 299 g/mol. The first-order chi connectivity index (χ1) is 8.16. The van der Waals surface area contributed by atoms with Crippen LogP contribution in [-0.4, -0.2) is 0 Å². The minimum atomic E-state index is -2.54. The third kappa shape index (κ3) is 3.03. The highest BCUT2D eigenvalue weighted by molar-refractivity contribution is 9.10. The van der Waals surface area contributed by atoms with Crippen molar-refractivity contribution in [1.29, 1.82) is 0 Å². The third-order valence-electron chi connectivity index (χ3n) is 2.18. The monoisotopic (exact) mass is 298 g/mol. The molecule has 1 nitrogen and oxygen atoms in total. The summed E-state index contributed by atoms with van der Waals surface area (Å²) in [4.78, 5) is 0. The van der Waals surface area contributed by atoms with Crippen molar-refractivity contribution in [2.45, 2.75) is 6.43 Å². The number of ether oxygens (including phenoxy) is 1. The molecule has 0 N–H and O–H groups in total. The van der Waals surface area contributed by atoms with Crippen molar-refractivity contribution in [2.24, 2.45) is 0 Å². The second-order valence-electron chi connectivity index (χ2n) is 3.40. The minimum absolute atomic E-state index is 0.104. The molecule has 88 valence electrons. The molecule has 17 heavy (non-hydrogen) atoms. The summed E-state index contributed by atoms with van der Waals surface area (Å²) in [6.45, 7) is 0. The number of hydrogen-bond donors (Lipinski definition) is 0. The van der Waals surface area contributed by atoms with Crippen molar-refractivity contribution in [3.05, 3.63) is 58.6 Å². The maximum atomic E-state index is 12.7. The SMILES string of the molecule is FC(F)c1ccccc1Oc1cccc(Br)c1. The van der Waals surface area contributed by atoms with Gasteiger partial charge in [0.2, 0.25) is 0 Å². The summed E-state index contributed by atoms with van der Waals surface area (Å²) in [7, 11) is 0. The van der Waals surface area contributed by atoms with Gasteiger partial charge in [-0.1, -0.05) is 34.1 Å². The summed E-state index contributed by atoms with van der Waals surface area (Å²) in [6.07, 6.45) is -2.54. The Hall–Kier alpha value is -1.42. The highest BCUT2D eigenvalue weighted by Crippen LogP contribution is 2.32. The van der Waals surface area contributed by atoms with Crippen LogP contribution in [0.15, 0.2) is 53.0 Å². The van der Waals surface area contributed by atoms with Crippen molar-refractivity contribution < 1.29 is 13.5 Å². The molecular formula is C13H9BrF2O. The summed E-state index contributed by atoms with van der Waals surface area (Å²) in [5.74, 6) is 0.702. The van der Waals surface area contributed by atoms with Crippen LogP contribution in [0.25, 0.3) is 0 Å². The topological polar surface area (TPSA) is 9.23 Å². The van der Waals surface area contributed by atoms with E-state index in [-0.39, 0.29) is 11.3 Å². The van der Waals surface area contributed by atoms with Gasteiger partial charge in [-0.05, 0) is 30.3 Å². The second kappa shape index (κ2) is 5.27. The molecular weight excluding hydrogens is 290 g/mol. The molecule has 2 aromatic rings. The molecule has 0 radical (unpaired) electrons. The number of benzene rings is 2. The molecule has 0 unspecified atom stereocenters. The molecule has 0 aliphatic rings. The normalized spacial score (nSPS) is 10.6. The van der Waals surface area contributed by atoms with E-state index in [0.717, 1.165) is 4.47 Å². The van der Waals surface area contributed by atoms with Gasteiger partial charge in [0.15, 0.2) is 0 Å². The van der Waals surface area contributed by atoms with Crippen LogP contribution in [0.2, 0.25) is 0 Å². The Morgan fingerprint density at radius 2 is 1.76 bits per heavy atom. The van der Waals surface area contributed by atoms with Crippen molar-refractivity contribution in [2.75, 3.05) is 0 Å². The van der Waals surface area contributed by atoms with Crippen LogP contribution in [0.3, 0.4) is 0 Å². The van der Waals surface area contributed by atoms with Crippen LogP contribution in [-0.2, 0) is 0 Å². The molecule has 0 saturated heterocycles. The van der Waals surface area contributed by atoms with Gasteiger partial charge >= 0.3 is 0 Å². The maximum absolute atomic E-state index is 12.7. The zero-order chi connectivity index (χ0) is 12.3. The van der Waals surface area contributed by atoms with Crippen LogP contribution >= 0.6 is 15.9 Å². The van der Waals surface area contributed by atoms with Gasteiger partial charge < -0.3 is 4.74 Å². The lowest BCUT2D eigenvalue weighted by molar-refractivity contribution is 0.148. The zero-order valence-corrected chi connectivity index (χ0v) is 10.3. The summed E-state index contributed by atoms with van der Waals surface area (Å²) in [5.41, 5.74) is -0.104. The van der Waals surface area contributed by atoms with E-state index in [1.165, 1.54) is 12.1 Å². The largest absolute Gasteiger partial charge is 0.457 e. The lowest BCUT2D eigenvalue weighted by Crippen LogP contribution is -1.91. The quantitative estimate of drug-likeness (QED) is 0.759. The Kier molecular flexibility index (Phi) is 3.74. The van der Waals surface area contributed by atoms with Crippen LogP contribution in [0.4, 0.5) is 8.78 Å². The Morgan fingerprint density at radius 3 is 2.47 bits per heavy atom. The molecule has 0 amide bonds. The van der Waals surface area contributed by atoms with Gasteiger partial charge in [-0.2, -0.15) is 0 Å². The summed E-state index contributed by atoms with van der Waals surface area (Å²) in [5, 5.41) is 0. The van der Waals surface area contributed by atoms with Crippen LogP contribution in [0, 0.1) is 0 Å². The molecule has 0 aromatic heterocycles. The molecule has 0 bridgehead atoms. The van der Waals surface area contributed by atoms with Gasteiger partial charge in [-0.15, -0.1) is 0 Å². The van der Waals surface area contributed by atoms with Gasteiger partial charge in [-0.3, -0.25) is 0 Å². The molecule has 0 saturated carbocycles. The standard InChI is InChI=1S/C13H9BrF2O/c14-9-4-3-5-10(8-9)17-12-7-2-1-6-11(12)13(15)16/h1-8,13H. The van der Waals surface area contributed by atoms with E-state index in [1.807, 2.05) is 6.07 Å². The van der Waals surface area contributed by atoms with E-state index in [4.69, 9.17) is 4.74 Å². The first-order valence-electron chi connectivity index (χ1n) is 4.97. The Bertz CT molecular complexity index is 514. The van der Waals surface area contributed by atoms with Crippen LogP contribution in [0.5, 0.6) is 11.5 Å². The van der Waals surface area contributed by atoms with E-state index in [2.05, 4.69) is 15.9 Å². The molecule has 4 heteroatoms. The third-order valence-corrected chi connectivity index (χ3v) is 2.67. The Morgan fingerprint density at radius 1 is 1.00 bits per heavy atom. The van der Waals surface area contributed by atoms with Gasteiger partial charge in [0, 0.05) is 4.47 Å². The number of rotatable bonds is 3. The molecule has 2 aromatic carbocycles. The van der Waals surface area contributed by atoms with Crippen molar-refractivity contribution in [1.82, 2.24) is 0 Å². The van der Waals surface area contributed by atoms with E-state index in [9.17, 15) is 8.78 Å². The first kappa shape index (κ1) is 12.0. The predicted molar refractivity (Wildman–Crippen MR) is 65.6 cm³/mol. The smallest absolute Gasteiger partial charge is 0.267 e. The molecule has 2 rings (SSSR count). The van der Waals surface area contributed by atoms with Gasteiger partial charge in [0.1, 0.15) is 11.5 Å². The zero-order valence-electron chi connectivity index (χ0n) is 8.74. The molecule has 0 aliphatic carbocycles. The fraction of sp³-hybridized carbons (Fsp3) is 0.0769. The molecule has 0 spiro atoms. The van der Waals surface area contributed by atoms with Gasteiger partial charge in [0.25, 0.3) is 6.43 Å². The number of alkyl halides is 2. The van der Waals surface area contributed by atoms with Crippen molar-refractivity contribution >= 4 is 15.9 Å². The Balaban J connectivity index is 2.30. The highest BCUT2D eigenvalue weighted by Gasteiger charge is 2.13. The molecule has 0 aliphatic heterocycles. The van der Waals surface area contributed by atoms with E-state index in [1.54, 1.807) is 30.3 Å². The second-order valence-corrected chi connectivity index (χ2v) is 4.31. The van der Waals surface area contributed by atoms with E-state index >= 15 is 0 Å². The maximum Gasteiger partial charge on any atom is 0.267 e. The van der Waals surface area contributed by atoms with E-state index < -0.39 is 6.43 Å². The van der Waals surface area contributed by atoms with Crippen molar-refractivity contribution in [3.8, 4) is 11.5 Å².